The molecule has 4 aliphatic carbocycles. The summed E-state index contributed by atoms with van der Waals surface area (Å²) < 4.78 is 27.9. The lowest BCUT2D eigenvalue weighted by Gasteiger charge is -2.58. The van der Waals surface area contributed by atoms with Crippen molar-refractivity contribution in [3.63, 3.8) is 0 Å². The molecule has 4 aliphatic rings. The second-order valence-electron chi connectivity index (χ2n) is 18.5. The summed E-state index contributed by atoms with van der Waals surface area (Å²) in [5, 5.41) is 11.6. The molecule has 4 rings (SSSR count). The van der Waals surface area contributed by atoms with Gasteiger partial charge in [0.05, 0.1) is 46.2 Å². The predicted molar refractivity (Wildman–Crippen MR) is 209 cm³/mol. The zero-order valence-electron chi connectivity index (χ0n) is 34.7. The maximum atomic E-state index is 13.0. The molecule has 3 saturated carbocycles. The molecule has 10 nitrogen and oxygen atoms in total. The average Bonchev–Trinajstić information content (AvgIpc) is 3.44. The number of aliphatic hydroxyl groups is 1. The van der Waals surface area contributed by atoms with Gasteiger partial charge >= 0.3 is 12.2 Å². The van der Waals surface area contributed by atoms with Crippen molar-refractivity contribution >= 4 is 12.2 Å². The Morgan fingerprint density at radius 1 is 0.906 bits per heavy atom. The first-order chi connectivity index (χ1) is 25.2. The molecule has 0 aromatic carbocycles. The van der Waals surface area contributed by atoms with Crippen molar-refractivity contribution < 1.29 is 38.4 Å². The van der Waals surface area contributed by atoms with E-state index >= 15 is 0 Å². The monoisotopic (exact) mass is 749 g/mol. The minimum absolute atomic E-state index is 0.00785. The van der Waals surface area contributed by atoms with Crippen LogP contribution in [0.25, 0.3) is 0 Å². The number of hydrogen-bond acceptors (Lipinski definition) is 8. The summed E-state index contributed by atoms with van der Waals surface area (Å²) in [6.45, 7) is 21.0. The molecule has 0 aliphatic heterocycles. The molecule has 0 bridgehead atoms. The van der Waals surface area contributed by atoms with Gasteiger partial charge in [0.1, 0.15) is 11.7 Å². The molecule has 0 spiro atoms. The van der Waals surface area contributed by atoms with Gasteiger partial charge in [0.2, 0.25) is 0 Å². The Hall–Kier alpha value is -1.88. The van der Waals surface area contributed by atoms with Crippen LogP contribution in [0.3, 0.4) is 0 Å². The number of amides is 2. The number of nitrogens with zero attached hydrogens (tertiary/aromatic N) is 1. The minimum atomic E-state index is -0.639. The maximum absolute atomic E-state index is 13.0. The number of allylic oxidation sites excluding steroid dienone is 1. The average molecular weight is 749 g/mol. The van der Waals surface area contributed by atoms with E-state index in [1.54, 1.807) is 4.90 Å². The summed E-state index contributed by atoms with van der Waals surface area (Å²) in [4.78, 5) is 27.5. The molecule has 0 saturated heterocycles. The number of nitrogens with one attached hydrogen (secondary N) is 1. The van der Waals surface area contributed by atoms with Crippen LogP contribution in [-0.2, 0) is 23.7 Å². The zero-order valence-corrected chi connectivity index (χ0v) is 34.7. The van der Waals surface area contributed by atoms with Gasteiger partial charge < -0.3 is 39.0 Å². The number of carbonyl (C=O) groups is 2. The smallest absolute Gasteiger partial charge is 0.410 e. The second-order valence-corrected chi connectivity index (χ2v) is 18.5. The van der Waals surface area contributed by atoms with E-state index in [0.29, 0.717) is 51.6 Å². The summed E-state index contributed by atoms with van der Waals surface area (Å²) >= 11 is 0. The molecule has 2 N–H and O–H groups in total. The van der Waals surface area contributed by atoms with E-state index < -0.39 is 17.8 Å². The molecule has 0 aromatic heterocycles. The van der Waals surface area contributed by atoms with Crippen LogP contribution >= 0.6 is 0 Å². The molecule has 10 heteroatoms. The first-order valence-electron chi connectivity index (χ1n) is 21.1. The summed E-state index contributed by atoms with van der Waals surface area (Å²) in [7, 11) is 0. The van der Waals surface area contributed by atoms with Crippen molar-refractivity contribution in [1.29, 1.82) is 0 Å². The first-order valence-corrected chi connectivity index (χ1v) is 21.1. The fourth-order valence-electron chi connectivity index (χ4n) is 10.6. The second kappa shape index (κ2) is 20.3. The molecule has 0 unspecified atom stereocenters. The van der Waals surface area contributed by atoms with E-state index in [4.69, 9.17) is 28.8 Å². The SMILES string of the molecule is CC(C)CCC[C@@H](C)[C@H]1CC[C@H]2[C@@H]3CC=C4C[C@@H](OC(=O)NCCN(CCOCCOCCOCCO)C(=O)OC(C)(C)C)CC[C@]4(C)[C@H]3CC[C@]12C. The number of hydrogen-bond donors (Lipinski definition) is 2. The van der Waals surface area contributed by atoms with E-state index in [1.165, 1.54) is 56.9 Å². The summed E-state index contributed by atoms with van der Waals surface area (Å²) in [5.74, 6) is 4.84. The number of carbonyl (C=O) groups excluding carboxylic acids is 2. The van der Waals surface area contributed by atoms with Crippen molar-refractivity contribution in [3.8, 4) is 0 Å². The maximum Gasteiger partial charge on any atom is 0.410 e. The largest absolute Gasteiger partial charge is 0.446 e. The molecular formula is C43H76N2O8. The highest BCUT2D eigenvalue weighted by molar-refractivity contribution is 5.69. The van der Waals surface area contributed by atoms with Crippen LogP contribution in [0.1, 0.15) is 126 Å². The van der Waals surface area contributed by atoms with Gasteiger partial charge in [-0.3, -0.25) is 0 Å². The van der Waals surface area contributed by atoms with Gasteiger partial charge in [0.15, 0.2) is 0 Å². The lowest BCUT2D eigenvalue weighted by Crippen LogP contribution is -2.51. The Morgan fingerprint density at radius 2 is 1.60 bits per heavy atom. The normalized spacial score (nSPS) is 30.2. The number of alkyl carbamates (subject to hydrolysis) is 1. The summed E-state index contributed by atoms with van der Waals surface area (Å²) in [5.41, 5.74) is 1.56. The van der Waals surface area contributed by atoms with E-state index in [2.05, 4.69) is 46.0 Å². The molecule has 2 amide bonds. The molecule has 53 heavy (non-hydrogen) atoms. The van der Waals surface area contributed by atoms with E-state index in [9.17, 15) is 9.59 Å². The van der Waals surface area contributed by atoms with Crippen LogP contribution in [0, 0.1) is 46.3 Å². The van der Waals surface area contributed by atoms with Crippen molar-refractivity contribution in [2.45, 2.75) is 138 Å². The van der Waals surface area contributed by atoms with Gasteiger partial charge in [-0.2, -0.15) is 0 Å². The molecule has 0 heterocycles. The highest BCUT2D eigenvalue weighted by Crippen LogP contribution is 2.67. The van der Waals surface area contributed by atoms with Crippen LogP contribution in [0.4, 0.5) is 9.59 Å². The van der Waals surface area contributed by atoms with Gasteiger partial charge in [0, 0.05) is 26.1 Å². The number of ether oxygens (including phenoxy) is 5. The number of rotatable bonds is 20. The fourth-order valence-corrected chi connectivity index (χ4v) is 10.6. The van der Waals surface area contributed by atoms with Crippen molar-refractivity contribution in [2.75, 3.05) is 65.9 Å². The van der Waals surface area contributed by atoms with Crippen LogP contribution < -0.4 is 5.32 Å². The lowest BCUT2D eigenvalue weighted by molar-refractivity contribution is -0.0581. The van der Waals surface area contributed by atoms with E-state index in [0.717, 1.165) is 54.8 Å². The quantitative estimate of drug-likeness (QED) is 0.0943. The predicted octanol–water partition coefficient (Wildman–Crippen LogP) is 8.40. The van der Waals surface area contributed by atoms with Gasteiger partial charge in [-0.25, -0.2) is 9.59 Å². The molecule has 8 atom stereocenters. The summed E-state index contributed by atoms with van der Waals surface area (Å²) in [6.07, 6.45) is 15.1. The Labute approximate surface area is 321 Å². The van der Waals surface area contributed by atoms with Crippen molar-refractivity contribution in [2.24, 2.45) is 46.3 Å². The topological polar surface area (TPSA) is 116 Å². The number of fused-ring (bicyclic) bond motifs is 5. The van der Waals surface area contributed by atoms with Crippen LogP contribution in [0.2, 0.25) is 0 Å². The van der Waals surface area contributed by atoms with Gasteiger partial charge in [-0.1, -0.05) is 65.5 Å². The molecule has 0 radical (unpaired) electrons. The van der Waals surface area contributed by atoms with Gasteiger partial charge in [0.25, 0.3) is 0 Å². The van der Waals surface area contributed by atoms with Gasteiger partial charge in [-0.05, 0) is 112 Å². The molecule has 306 valence electrons. The standard InChI is InChI=1S/C43H76N2O8/c1-31(2)10-9-11-32(3)36-14-15-37-35-13-12-33-30-34(16-18-42(33,7)38(35)17-19-43(36,37)8)52-39(47)44-20-21-45(40(48)53-41(4,5)6)22-24-49-26-28-51-29-27-50-25-23-46/h12,31-32,34-38,46H,9-11,13-30H2,1-8H3,(H,44,47)/t32-,34+,35+,36-,37+,38+,42+,43-/m1/s1. The lowest BCUT2D eigenvalue weighted by atomic mass is 9.47. The number of aliphatic hydroxyl groups excluding tert-OH is 1. The van der Waals surface area contributed by atoms with Crippen LogP contribution in [0.5, 0.6) is 0 Å². The fraction of sp³-hybridized carbons (Fsp3) is 0.907. The van der Waals surface area contributed by atoms with E-state index in [1.807, 2.05) is 20.8 Å². The van der Waals surface area contributed by atoms with Gasteiger partial charge in [-0.15, -0.1) is 0 Å². The van der Waals surface area contributed by atoms with Crippen LogP contribution in [0.15, 0.2) is 11.6 Å². The van der Waals surface area contributed by atoms with Crippen molar-refractivity contribution in [1.82, 2.24) is 10.2 Å². The highest BCUT2D eigenvalue weighted by atomic mass is 16.6. The third kappa shape index (κ3) is 12.3. The van der Waals surface area contributed by atoms with Crippen molar-refractivity contribution in [3.05, 3.63) is 11.6 Å². The Bertz CT molecular complexity index is 1170. The highest BCUT2D eigenvalue weighted by Gasteiger charge is 2.59. The van der Waals surface area contributed by atoms with Crippen LogP contribution in [-0.4, -0.2) is 99.8 Å². The Morgan fingerprint density at radius 3 is 2.28 bits per heavy atom. The minimum Gasteiger partial charge on any atom is -0.446 e. The Kier molecular flexibility index (Phi) is 16.8. The first kappa shape index (κ1) is 43.8. The Balaban J connectivity index is 1.22. The third-order valence-corrected chi connectivity index (χ3v) is 13.3. The molecule has 3 fully saturated rings. The molecular weight excluding hydrogens is 672 g/mol. The van der Waals surface area contributed by atoms with E-state index in [-0.39, 0.29) is 31.2 Å². The summed E-state index contributed by atoms with van der Waals surface area (Å²) in [6, 6.07) is 0. The third-order valence-electron chi connectivity index (χ3n) is 13.3. The molecule has 0 aromatic rings. The zero-order chi connectivity index (χ0) is 38.6.